The summed E-state index contributed by atoms with van der Waals surface area (Å²) in [5, 5.41) is 11.0. The number of nitrogens with zero attached hydrogens (tertiary/aromatic N) is 2. The Morgan fingerprint density at radius 1 is 1.39 bits per heavy atom. The third kappa shape index (κ3) is 4.67. The van der Waals surface area contributed by atoms with Gasteiger partial charge in [0.05, 0.1) is 15.8 Å². The minimum Gasteiger partial charge on any atom is -0.477 e. The van der Waals surface area contributed by atoms with Gasteiger partial charge in [0, 0.05) is 18.0 Å². The van der Waals surface area contributed by atoms with Crippen molar-refractivity contribution in [2.24, 2.45) is 0 Å². The first-order valence-corrected chi connectivity index (χ1v) is 7.92. The minimum absolute atomic E-state index is 0.0847. The highest BCUT2D eigenvalue weighted by atomic mass is 35.5. The molecule has 6 nitrogen and oxygen atoms in total. The maximum atomic E-state index is 12.1. The minimum atomic E-state index is -0.524. The Kier molecular flexibility index (Phi) is 5.57. The summed E-state index contributed by atoms with van der Waals surface area (Å²) < 4.78 is 5.98. The van der Waals surface area contributed by atoms with Crippen LogP contribution in [0, 0.1) is 17.0 Å². The Morgan fingerprint density at radius 2 is 2.13 bits per heavy atom. The molecule has 0 atom stereocenters. The molecule has 122 valence electrons. The number of nitro benzene ring substituents is 1. The van der Waals surface area contributed by atoms with Crippen LogP contribution in [0.25, 0.3) is 0 Å². The quantitative estimate of drug-likeness (QED) is 0.586. The van der Waals surface area contributed by atoms with Gasteiger partial charge in [-0.25, -0.2) is 0 Å². The average molecular weight is 355 g/mol. The maximum Gasteiger partial charge on any atom is 0.311 e. The zero-order chi connectivity index (χ0) is 17.0. The Labute approximate surface area is 142 Å². The molecule has 23 heavy (non-hydrogen) atoms. The number of hydrogen-bond acceptors (Lipinski definition) is 5. The predicted molar refractivity (Wildman–Crippen MR) is 89.1 cm³/mol. The second kappa shape index (κ2) is 7.43. The van der Waals surface area contributed by atoms with E-state index in [0.717, 1.165) is 10.4 Å². The molecule has 2 aromatic rings. The van der Waals surface area contributed by atoms with E-state index in [4.69, 9.17) is 16.3 Å². The number of thiophene rings is 1. The van der Waals surface area contributed by atoms with Gasteiger partial charge in [-0.05, 0) is 30.7 Å². The lowest BCUT2D eigenvalue weighted by Crippen LogP contribution is -2.30. The van der Waals surface area contributed by atoms with Crippen LogP contribution in [0.4, 0.5) is 5.69 Å². The summed E-state index contributed by atoms with van der Waals surface area (Å²) in [6, 6.07) is 8.23. The summed E-state index contributed by atoms with van der Waals surface area (Å²) in [5.41, 5.74) is 0.604. The van der Waals surface area contributed by atoms with Gasteiger partial charge in [-0.3, -0.25) is 14.9 Å². The predicted octanol–water partition coefficient (Wildman–Crippen LogP) is 3.66. The molecule has 0 bridgehead atoms. The molecule has 1 heterocycles. The van der Waals surface area contributed by atoms with Gasteiger partial charge in [-0.15, -0.1) is 11.3 Å². The van der Waals surface area contributed by atoms with Gasteiger partial charge in [-0.1, -0.05) is 17.7 Å². The zero-order valence-electron chi connectivity index (χ0n) is 12.6. The molecule has 1 aromatic carbocycles. The number of aryl methyl sites for hydroxylation is 1. The zero-order valence-corrected chi connectivity index (χ0v) is 14.2. The number of amides is 1. The van der Waals surface area contributed by atoms with Crippen LogP contribution < -0.4 is 4.74 Å². The molecule has 1 aromatic heterocycles. The summed E-state index contributed by atoms with van der Waals surface area (Å²) in [7, 11) is 1.64. The summed E-state index contributed by atoms with van der Waals surface area (Å²) >= 11 is 7.25. The fraction of sp³-hybridized carbons (Fsp3) is 0.267. The van der Waals surface area contributed by atoms with Gasteiger partial charge in [0.2, 0.25) is 0 Å². The molecule has 0 unspecified atom stereocenters. The Hall–Kier alpha value is -2.12. The molecule has 2 rings (SSSR count). The second-order valence-corrected chi connectivity index (χ2v) is 6.77. The van der Waals surface area contributed by atoms with E-state index in [1.165, 1.54) is 28.4 Å². The molecular formula is C15H15ClN2O4S. The van der Waals surface area contributed by atoms with E-state index >= 15 is 0 Å². The Balaban J connectivity index is 1.97. The summed E-state index contributed by atoms with van der Waals surface area (Å²) in [6.45, 7) is 1.90. The standard InChI is InChI=1S/C15H15ClN2O4S/c1-10-3-5-13(12(7-10)18(20)21)22-9-15(19)17(2)8-11-4-6-14(16)23-11/h3-7H,8-9H2,1-2H3. The van der Waals surface area contributed by atoms with Crippen molar-refractivity contribution in [2.75, 3.05) is 13.7 Å². The molecule has 0 saturated carbocycles. The van der Waals surface area contributed by atoms with Crippen LogP contribution >= 0.6 is 22.9 Å². The topological polar surface area (TPSA) is 72.7 Å². The van der Waals surface area contributed by atoms with Gasteiger partial charge in [0.25, 0.3) is 5.91 Å². The van der Waals surface area contributed by atoms with Crippen LogP contribution in [0.2, 0.25) is 4.34 Å². The van der Waals surface area contributed by atoms with E-state index in [1.54, 1.807) is 26.1 Å². The fourth-order valence-electron chi connectivity index (χ4n) is 1.90. The number of halogens is 1. The Morgan fingerprint density at radius 3 is 2.74 bits per heavy atom. The molecular weight excluding hydrogens is 340 g/mol. The van der Waals surface area contributed by atoms with Crippen molar-refractivity contribution in [3.63, 3.8) is 0 Å². The third-order valence-corrected chi connectivity index (χ3v) is 4.33. The van der Waals surface area contributed by atoms with Crippen LogP contribution in [0.3, 0.4) is 0 Å². The lowest BCUT2D eigenvalue weighted by Gasteiger charge is -2.16. The summed E-state index contributed by atoms with van der Waals surface area (Å²) in [4.78, 5) is 25.0. The van der Waals surface area contributed by atoms with E-state index < -0.39 is 4.92 Å². The first-order chi connectivity index (χ1) is 10.9. The van der Waals surface area contributed by atoms with Crippen molar-refractivity contribution < 1.29 is 14.5 Å². The first-order valence-electron chi connectivity index (χ1n) is 6.73. The lowest BCUT2D eigenvalue weighted by molar-refractivity contribution is -0.385. The van der Waals surface area contributed by atoms with Gasteiger partial charge in [0.1, 0.15) is 0 Å². The molecule has 0 aliphatic heterocycles. The number of benzene rings is 1. The number of rotatable bonds is 6. The molecule has 0 spiro atoms. The summed E-state index contributed by atoms with van der Waals surface area (Å²) in [5.74, 6) is -0.189. The SMILES string of the molecule is Cc1ccc(OCC(=O)N(C)Cc2ccc(Cl)s2)c([N+](=O)[O-])c1. The fourth-order valence-corrected chi connectivity index (χ4v) is 3.04. The van der Waals surface area contributed by atoms with Crippen LogP contribution in [-0.2, 0) is 11.3 Å². The Bertz CT molecular complexity index is 732. The van der Waals surface area contributed by atoms with Gasteiger partial charge in [-0.2, -0.15) is 0 Å². The number of nitro groups is 1. The highest BCUT2D eigenvalue weighted by Gasteiger charge is 2.18. The van der Waals surface area contributed by atoms with E-state index in [0.29, 0.717) is 10.9 Å². The van der Waals surface area contributed by atoms with Crippen molar-refractivity contribution in [3.8, 4) is 5.75 Å². The largest absolute Gasteiger partial charge is 0.477 e. The molecule has 0 N–H and O–H groups in total. The monoisotopic (exact) mass is 354 g/mol. The van der Waals surface area contributed by atoms with E-state index in [9.17, 15) is 14.9 Å². The number of carbonyl (C=O) groups excluding carboxylic acids is 1. The molecule has 0 aliphatic carbocycles. The van der Waals surface area contributed by atoms with Crippen molar-refractivity contribution in [1.29, 1.82) is 0 Å². The number of likely N-dealkylation sites (N-methyl/N-ethyl adjacent to an activating group) is 1. The molecule has 0 fully saturated rings. The molecule has 0 aliphatic rings. The summed E-state index contributed by atoms with van der Waals surface area (Å²) in [6.07, 6.45) is 0. The van der Waals surface area contributed by atoms with Crippen molar-refractivity contribution in [3.05, 3.63) is 55.2 Å². The smallest absolute Gasteiger partial charge is 0.311 e. The third-order valence-electron chi connectivity index (χ3n) is 3.11. The van der Waals surface area contributed by atoms with Crippen LogP contribution in [0.15, 0.2) is 30.3 Å². The van der Waals surface area contributed by atoms with Crippen LogP contribution in [-0.4, -0.2) is 29.4 Å². The van der Waals surface area contributed by atoms with Crippen LogP contribution in [0.1, 0.15) is 10.4 Å². The number of carbonyl (C=O) groups is 1. The molecule has 0 radical (unpaired) electrons. The number of hydrogen-bond donors (Lipinski definition) is 0. The van der Waals surface area contributed by atoms with E-state index in [1.807, 2.05) is 6.07 Å². The second-order valence-electron chi connectivity index (χ2n) is 4.97. The molecule has 0 saturated heterocycles. The van der Waals surface area contributed by atoms with Crippen LogP contribution in [0.5, 0.6) is 5.75 Å². The van der Waals surface area contributed by atoms with E-state index in [2.05, 4.69) is 0 Å². The van der Waals surface area contributed by atoms with Crippen molar-refractivity contribution in [1.82, 2.24) is 4.90 Å². The normalized spacial score (nSPS) is 10.4. The highest BCUT2D eigenvalue weighted by molar-refractivity contribution is 7.16. The first kappa shape index (κ1) is 17.2. The number of ether oxygens (including phenoxy) is 1. The van der Waals surface area contributed by atoms with Crippen molar-refractivity contribution in [2.45, 2.75) is 13.5 Å². The lowest BCUT2D eigenvalue weighted by atomic mass is 10.2. The maximum absolute atomic E-state index is 12.1. The van der Waals surface area contributed by atoms with Gasteiger partial charge < -0.3 is 9.64 Å². The van der Waals surface area contributed by atoms with E-state index in [-0.39, 0.29) is 24.0 Å². The molecule has 1 amide bonds. The highest BCUT2D eigenvalue weighted by Crippen LogP contribution is 2.28. The average Bonchev–Trinajstić information content (AvgIpc) is 2.90. The van der Waals surface area contributed by atoms with Gasteiger partial charge >= 0.3 is 5.69 Å². The molecule has 8 heteroatoms. The van der Waals surface area contributed by atoms with Crippen molar-refractivity contribution >= 4 is 34.5 Å². The van der Waals surface area contributed by atoms with Gasteiger partial charge in [0.15, 0.2) is 12.4 Å².